The van der Waals surface area contributed by atoms with E-state index in [2.05, 4.69) is 15.5 Å². The first-order valence-electron chi connectivity index (χ1n) is 7.52. The Morgan fingerprint density at radius 1 is 1.21 bits per heavy atom. The molecule has 2 heterocycles. The first kappa shape index (κ1) is 11.9. The highest BCUT2D eigenvalue weighted by Gasteiger charge is 2.44. The summed E-state index contributed by atoms with van der Waals surface area (Å²) in [4.78, 5) is 4.55. The van der Waals surface area contributed by atoms with Gasteiger partial charge in [-0.2, -0.15) is 4.98 Å². The lowest BCUT2D eigenvalue weighted by molar-refractivity contribution is -0.0228. The molecule has 2 N–H and O–H groups in total. The summed E-state index contributed by atoms with van der Waals surface area (Å²) >= 11 is 0. The third-order valence-corrected chi connectivity index (χ3v) is 5.34. The Hall–Kier alpha value is -0.940. The van der Waals surface area contributed by atoms with Crippen molar-refractivity contribution in [2.75, 3.05) is 13.1 Å². The monoisotopic (exact) mass is 263 g/mol. The SMILES string of the molecule is OC1(c2nc(C3CC4CCC3C4)no2)CCNCC1. The largest absolute Gasteiger partial charge is 0.380 e. The van der Waals surface area contributed by atoms with Gasteiger partial charge in [-0.25, -0.2) is 0 Å². The number of nitrogens with one attached hydrogen (secondary N) is 1. The molecular formula is C14H21N3O2. The van der Waals surface area contributed by atoms with Gasteiger partial charge in [0.2, 0.25) is 0 Å². The zero-order chi connectivity index (χ0) is 12.9. The van der Waals surface area contributed by atoms with Gasteiger partial charge in [0, 0.05) is 5.92 Å². The summed E-state index contributed by atoms with van der Waals surface area (Å²) in [7, 11) is 0. The molecule has 1 aromatic heterocycles. The number of aliphatic hydroxyl groups is 1. The summed E-state index contributed by atoms with van der Waals surface area (Å²) < 4.78 is 5.39. The van der Waals surface area contributed by atoms with Crippen LogP contribution in [0, 0.1) is 11.8 Å². The minimum absolute atomic E-state index is 0.437. The Bertz CT molecular complexity index is 467. The van der Waals surface area contributed by atoms with Crippen molar-refractivity contribution in [2.24, 2.45) is 11.8 Å². The topological polar surface area (TPSA) is 71.2 Å². The number of fused-ring (bicyclic) bond motifs is 2. The molecule has 2 aliphatic carbocycles. The van der Waals surface area contributed by atoms with Crippen LogP contribution in [0.2, 0.25) is 0 Å². The fourth-order valence-corrected chi connectivity index (χ4v) is 4.19. The molecule has 1 saturated heterocycles. The molecule has 2 saturated carbocycles. The molecule has 3 aliphatic rings. The molecule has 5 heteroatoms. The van der Waals surface area contributed by atoms with Crippen molar-refractivity contribution in [1.82, 2.24) is 15.5 Å². The zero-order valence-corrected chi connectivity index (χ0v) is 11.1. The summed E-state index contributed by atoms with van der Waals surface area (Å²) in [6.07, 6.45) is 6.55. The number of aromatic nitrogens is 2. The van der Waals surface area contributed by atoms with E-state index in [0.29, 0.717) is 24.7 Å². The van der Waals surface area contributed by atoms with Gasteiger partial charge in [0.05, 0.1) is 0 Å². The molecule has 0 aromatic carbocycles. The number of hydrogen-bond donors (Lipinski definition) is 2. The summed E-state index contributed by atoms with van der Waals surface area (Å²) in [6, 6.07) is 0. The van der Waals surface area contributed by atoms with Gasteiger partial charge >= 0.3 is 0 Å². The van der Waals surface area contributed by atoms with Gasteiger partial charge < -0.3 is 14.9 Å². The van der Waals surface area contributed by atoms with Crippen molar-refractivity contribution in [3.8, 4) is 0 Å². The van der Waals surface area contributed by atoms with E-state index in [1.165, 1.54) is 25.7 Å². The molecule has 5 nitrogen and oxygen atoms in total. The summed E-state index contributed by atoms with van der Waals surface area (Å²) in [5.41, 5.74) is -0.909. The van der Waals surface area contributed by atoms with E-state index in [1.54, 1.807) is 0 Å². The fraction of sp³-hybridized carbons (Fsp3) is 0.857. The van der Waals surface area contributed by atoms with E-state index in [4.69, 9.17) is 4.52 Å². The van der Waals surface area contributed by atoms with E-state index in [0.717, 1.165) is 30.7 Å². The molecule has 104 valence electrons. The summed E-state index contributed by atoms with van der Waals surface area (Å²) in [5.74, 6) is 3.37. The standard InChI is InChI=1S/C14H21N3O2/c18-14(3-5-15-6-4-14)13-16-12(17-19-13)11-8-9-1-2-10(11)7-9/h9-11,15,18H,1-8H2. The maximum absolute atomic E-state index is 10.6. The van der Waals surface area contributed by atoms with Gasteiger partial charge in [0.1, 0.15) is 5.60 Å². The van der Waals surface area contributed by atoms with Crippen LogP contribution in [0.1, 0.15) is 56.2 Å². The third kappa shape index (κ3) is 1.91. The lowest BCUT2D eigenvalue weighted by Gasteiger charge is -2.28. The molecule has 3 unspecified atom stereocenters. The molecule has 0 spiro atoms. The molecule has 1 aliphatic heterocycles. The van der Waals surface area contributed by atoms with Crippen LogP contribution in [-0.4, -0.2) is 28.3 Å². The number of nitrogens with zero attached hydrogens (tertiary/aromatic N) is 2. The maximum atomic E-state index is 10.6. The van der Waals surface area contributed by atoms with Crippen molar-refractivity contribution >= 4 is 0 Å². The molecule has 0 radical (unpaired) electrons. The second-order valence-corrected chi connectivity index (χ2v) is 6.52. The highest BCUT2D eigenvalue weighted by molar-refractivity contribution is 5.09. The second kappa shape index (κ2) is 4.28. The van der Waals surface area contributed by atoms with E-state index in [-0.39, 0.29) is 0 Å². The van der Waals surface area contributed by atoms with E-state index < -0.39 is 5.60 Å². The first-order chi connectivity index (χ1) is 9.24. The third-order valence-electron chi connectivity index (χ3n) is 5.34. The van der Waals surface area contributed by atoms with Crippen LogP contribution in [0.3, 0.4) is 0 Å². The van der Waals surface area contributed by atoms with Crippen LogP contribution < -0.4 is 5.32 Å². The van der Waals surface area contributed by atoms with Crippen molar-refractivity contribution in [3.63, 3.8) is 0 Å². The van der Waals surface area contributed by atoms with Crippen LogP contribution in [0.5, 0.6) is 0 Å². The lowest BCUT2D eigenvalue weighted by Crippen LogP contribution is -2.40. The molecular weight excluding hydrogens is 242 g/mol. The van der Waals surface area contributed by atoms with E-state index >= 15 is 0 Å². The summed E-state index contributed by atoms with van der Waals surface area (Å²) in [5, 5.41) is 18.0. The van der Waals surface area contributed by atoms with Crippen LogP contribution in [0.15, 0.2) is 4.52 Å². The van der Waals surface area contributed by atoms with Gasteiger partial charge in [-0.3, -0.25) is 0 Å². The molecule has 1 aromatic rings. The average molecular weight is 263 g/mol. The van der Waals surface area contributed by atoms with Crippen LogP contribution in [0.4, 0.5) is 0 Å². The molecule has 3 atom stereocenters. The molecule has 3 fully saturated rings. The maximum Gasteiger partial charge on any atom is 0.258 e. The van der Waals surface area contributed by atoms with Crippen LogP contribution >= 0.6 is 0 Å². The van der Waals surface area contributed by atoms with Crippen molar-refractivity contribution in [1.29, 1.82) is 0 Å². The van der Waals surface area contributed by atoms with Crippen molar-refractivity contribution in [2.45, 2.75) is 50.0 Å². The molecule has 19 heavy (non-hydrogen) atoms. The zero-order valence-electron chi connectivity index (χ0n) is 11.1. The number of piperidine rings is 1. The predicted octanol–water partition coefficient (Wildman–Crippen LogP) is 1.54. The Morgan fingerprint density at radius 3 is 2.74 bits per heavy atom. The Labute approximate surface area is 112 Å². The Balaban J connectivity index is 1.56. The molecule has 0 amide bonds. The predicted molar refractivity (Wildman–Crippen MR) is 68.5 cm³/mol. The fourth-order valence-electron chi connectivity index (χ4n) is 4.19. The van der Waals surface area contributed by atoms with E-state index in [9.17, 15) is 5.11 Å². The molecule has 2 bridgehead atoms. The normalized spacial score (nSPS) is 36.8. The van der Waals surface area contributed by atoms with E-state index in [1.807, 2.05) is 0 Å². The number of hydrogen-bond acceptors (Lipinski definition) is 5. The quantitative estimate of drug-likeness (QED) is 0.847. The van der Waals surface area contributed by atoms with Crippen molar-refractivity contribution < 1.29 is 9.63 Å². The minimum Gasteiger partial charge on any atom is -0.380 e. The highest BCUT2D eigenvalue weighted by Crippen LogP contribution is 2.52. The van der Waals surface area contributed by atoms with Gasteiger partial charge in [0.25, 0.3) is 5.89 Å². The van der Waals surface area contributed by atoms with Gasteiger partial charge in [-0.15, -0.1) is 0 Å². The average Bonchev–Trinajstić information content (AvgIpc) is 3.15. The van der Waals surface area contributed by atoms with Crippen LogP contribution in [-0.2, 0) is 5.60 Å². The van der Waals surface area contributed by atoms with Gasteiger partial charge in [-0.1, -0.05) is 11.6 Å². The first-order valence-corrected chi connectivity index (χ1v) is 7.52. The number of rotatable bonds is 2. The van der Waals surface area contributed by atoms with Gasteiger partial charge in [-0.05, 0) is 57.0 Å². The summed E-state index contributed by atoms with van der Waals surface area (Å²) in [6.45, 7) is 1.62. The Kier molecular flexibility index (Phi) is 2.67. The van der Waals surface area contributed by atoms with Gasteiger partial charge in [0.15, 0.2) is 5.82 Å². The smallest absolute Gasteiger partial charge is 0.258 e. The second-order valence-electron chi connectivity index (χ2n) is 6.52. The highest BCUT2D eigenvalue weighted by atomic mass is 16.5. The van der Waals surface area contributed by atoms with Crippen molar-refractivity contribution in [3.05, 3.63) is 11.7 Å². The van der Waals surface area contributed by atoms with Crippen LogP contribution in [0.25, 0.3) is 0 Å². The minimum atomic E-state index is -0.909. The Morgan fingerprint density at radius 2 is 2.05 bits per heavy atom. The lowest BCUT2D eigenvalue weighted by atomic mass is 9.88. The molecule has 4 rings (SSSR count).